The Labute approximate surface area is 174 Å². The smallest absolute Gasteiger partial charge is 0.307 e. The molecule has 152 valence electrons. The number of pyridine rings is 1. The summed E-state index contributed by atoms with van der Waals surface area (Å²) in [6, 6.07) is 8.28. The van der Waals surface area contributed by atoms with Gasteiger partial charge in [-0.2, -0.15) is 5.10 Å². The second-order valence-corrected chi connectivity index (χ2v) is 7.47. The number of carbonyl (C=O) groups is 2. The van der Waals surface area contributed by atoms with Gasteiger partial charge in [0.05, 0.1) is 36.7 Å². The molecule has 0 aliphatic carbocycles. The number of aromatic nitrogens is 3. The molecule has 0 aliphatic rings. The minimum atomic E-state index is -0.632. The molecule has 8 heteroatoms. The van der Waals surface area contributed by atoms with Gasteiger partial charge in [0, 0.05) is 16.8 Å². The van der Waals surface area contributed by atoms with E-state index in [1.54, 1.807) is 41.2 Å². The summed E-state index contributed by atoms with van der Waals surface area (Å²) in [4.78, 5) is 29.7. The van der Waals surface area contributed by atoms with E-state index in [-0.39, 0.29) is 18.4 Å². The molecule has 0 saturated heterocycles. The predicted octanol–water partition coefficient (Wildman–Crippen LogP) is 4.01. The molecular formula is C21H23ClN4O3. The van der Waals surface area contributed by atoms with Crippen LogP contribution in [0.5, 0.6) is 0 Å². The van der Waals surface area contributed by atoms with Crippen LogP contribution in [0.25, 0.3) is 11.0 Å². The summed E-state index contributed by atoms with van der Waals surface area (Å²) < 4.78 is 6.57. The molecule has 29 heavy (non-hydrogen) atoms. The van der Waals surface area contributed by atoms with Gasteiger partial charge in [-0.15, -0.1) is 0 Å². The second-order valence-electron chi connectivity index (χ2n) is 7.06. The van der Waals surface area contributed by atoms with E-state index in [2.05, 4.69) is 15.4 Å². The zero-order chi connectivity index (χ0) is 21.1. The number of methoxy groups -OCH3 is 1. The highest BCUT2D eigenvalue weighted by molar-refractivity contribution is 6.31. The van der Waals surface area contributed by atoms with Crippen molar-refractivity contribution >= 4 is 34.5 Å². The van der Waals surface area contributed by atoms with Crippen LogP contribution in [0.15, 0.2) is 36.5 Å². The number of ether oxygens (including phenoxy) is 1. The highest BCUT2D eigenvalue weighted by Crippen LogP contribution is 2.27. The van der Waals surface area contributed by atoms with E-state index in [4.69, 9.17) is 16.3 Å². The fourth-order valence-corrected chi connectivity index (χ4v) is 3.46. The summed E-state index contributed by atoms with van der Waals surface area (Å²) in [5.74, 6) is -0.781. The minimum absolute atomic E-state index is 0.0373. The van der Waals surface area contributed by atoms with E-state index >= 15 is 0 Å². The summed E-state index contributed by atoms with van der Waals surface area (Å²) in [5, 5.41) is 8.41. The Bertz CT molecular complexity index is 1060. The van der Waals surface area contributed by atoms with Gasteiger partial charge in [-0.3, -0.25) is 9.59 Å². The quantitative estimate of drug-likeness (QED) is 0.616. The van der Waals surface area contributed by atoms with Gasteiger partial charge in [-0.1, -0.05) is 29.8 Å². The Morgan fingerprint density at radius 1 is 1.28 bits per heavy atom. The molecule has 2 aromatic heterocycles. The first kappa shape index (κ1) is 20.8. The van der Waals surface area contributed by atoms with Gasteiger partial charge in [0.15, 0.2) is 5.65 Å². The Hall–Kier alpha value is -2.93. The average molecular weight is 415 g/mol. The van der Waals surface area contributed by atoms with E-state index < -0.39 is 12.0 Å². The van der Waals surface area contributed by atoms with Crippen LogP contribution in [0.4, 0.5) is 0 Å². The molecule has 3 rings (SSSR count). The van der Waals surface area contributed by atoms with Gasteiger partial charge in [0.2, 0.25) is 0 Å². The number of fused-ring (bicyclic) bond motifs is 1. The molecule has 2 heterocycles. The summed E-state index contributed by atoms with van der Waals surface area (Å²) >= 11 is 6.31. The van der Waals surface area contributed by atoms with Crippen LogP contribution in [0.3, 0.4) is 0 Å². The zero-order valence-electron chi connectivity index (χ0n) is 16.8. The summed E-state index contributed by atoms with van der Waals surface area (Å²) in [7, 11) is 1.31. The Morgan fingerprint density at radius 3 is 2.66 bits per heavy atom. The van der Waals surface area contributed by atoms with Crippen molar-refractivity contribution in [3.8, 4) is 0 Å². The number of halogens is 1. The molecule has 0 fully saturated rings. The highest BCUT2D eigenvalue weighted by atomic mass is 35.5. The number of hydrogen-bond donors (Lipinski definition) is 1. The molecule has 3 aromatic rings. The van der Waals surface area contributed by atoms with Gasteiger partial charge < -0.3 is 10.1 Å². The molecule has 1 aromatic carbocycles. The minimum Gasteiger partial charge on any atom is -0.469 e. The van der Waals surface area contributed by atoms with Crippen molar-refractivity contribution in [1.82, 2.24) is 20.1 Å². The summed E-state index contributed by atoms with van der Waals surface area (Å²) in [6.45, 7) is 5.83. The van der Waals surface area contributed by atoms with E-state index in [9.17, 15) is 9.59 Å². The van der Waals surface area contributed by atoms with E-state index in [1.165, 1.54) is 7.11 Å². The van der Waals surface area contributed by atoms with Gasteiger partial charge in [-0.25, -0.2) is 9.67 Å². The Balaban J connectivity index is 2.00. The number of carbonyl (C=O) groups excluding carboxylic acids is 2. The molecular weight excluding hydrogens is 392 g/mol. The molecule has 1 atom stereocenters. The molecule has 0 radical (unpaired) electrons. The molecule has 0 saturated carbocycles. The van der Waals surface area contributed by atoms with Crippen LogP contribution in [0.2, 0.25) is 5.02 Å². The first-order valence-corrected chi connectivity index (χ1v) is 9.66. The van der Waals surface area contributed by atoms with Gasteiger partial charge >= 0.3 is 5.97 Å². The third-order valence-electron chi connectivity index (χ3n) is 4.61. The first-order chi connectivity index (χ1) is 13.8. The van der Waals surface area contributed by atoms with E-state index in [0.29, 0.717) is 32.9 Å². The number of nitrogens with zero attached hydrogens (tertiary/aromatic N) is 3. The lowest BCUT2D eigenvalue weighted by atomic mass is 10.0. The molecule has 0 spiro atoms. The van der Waals surface area contributed by atoms with E-state index in [1.807, 2.05) is 20.8 Å². The fraction of sp³-hybridized carbons (Fsp3) is 0.333. The number of amides is 1. The first-order valence-electron chi connectivity index (χ1n) is 9.28. The van der Waals surface area contributed by atoms with Crippen molar-refractivity contribution in [2.75, 3.05) is 7.11 Å². The number of hydrogen-bond acceptors (Lipinski definition) is 5. The van der Waals surface area contributed by atoms with Crippen LogP contribution >= 0.6 is 11.6 Å². The standard InChI is InChI=1S/C21H23ClN4O3/c1-12(2)26-20-16(11-23-26)15(9-13(3)24-20)21(28)25-18(10-19(27)29-4)14-7-5-6-8-17(14)22/h5-9,11-12,18H,10H2,1-4H3,(H,25,28)/t18-/m0/s1. The van der Waals surface area contributed by atoms with Gasteiger partial charge in [-0.05, 0) is 38.5 Å². The maximum Gasteiger partial charge on any atom is 0.307 e. The van der Waals surface area contributed by atoms with Crippen molar-refractivity contribution in [2.24, 2.45) is 0 Å². The second kappa shape index (κ2) is 8.61. The highest BCUT2D eigenvalue weighted by Gasteiger charge is 2.24. The van der Waals surface area contributed by atoms with Crippen molar-refractivity contribution < 1.29 is 14.3 Å². The molecule has 0 bridgehead atoms. The van der Waals surface area contributed by atoms with E-state index in [0.717, 1.165) is 0 Å². The van der Waals surface area contributed by atoms with Crippen molar-refractivity contribution in [1.29, 1.82) is 0 Å². The molecule has 7 nitrogen and oxygen atoms in total. The molecule has 1 amide bonds. The Kier molecular flexibility index (Phi) is 6.17. The third-order valence-corrected chi connectivity index (χ3v) is 4.96. The fourth-order valence-electron chi connectivity index (χ4n) is 3.19. The van der Waals surface area contributed by atoms with Gasteiger partial charge in [0.25, 0.3) is 5.91 Å². The van der Waals surface area contributed by atoms with Crippen LogP contribution in [0, 0.1) is 6.92 Å². The van der Waals surface area contributed by atoms with Crippen LogP contribution in [0.1, 0.15) is 54.0 Å². The largest absolute Gasteiger partial charge is 0.469 e. The normalized spacial score (nSPS) is 12.2. The Morgan fingerprint density at radius 2 is 2.00 bits per heavy atom. The third kappa shape index (κ3) is 4.40. The number of esters is 1. The maximum atomic E-state index is 13.2. The lowest BCUT2D eigenvalue weighted by molar-refractivity contribution is -0.141. The lowest BCUT2D eigenvalue weighted by Crippen LogP contribution is -2.31. The average Bonchev–Trinajstić information content (AvgIpc) is 3.10. The SMILES string of the molecule is COC(=O)C[C@H](NC(=O)c1cc(C)nc2c1cnn2C(C)C)c1ccccc1Cl. The maximum absolute atomic E-state index is 13.2. The number of benzene rings is 1. The van der Waals surface area contributed by atoms with Crippen molar-refractivity contribution in [2.45, 2.75) is 39.3 Å². The predicted molar refractivity (Wildman–Crippen MR) is 111 cm³/mol. The monoisotopic (exact) mass is 414 g/mol. The molecule has 0 aliphatic heterocycles. The summed E-state index contributed by atoms with van der Waals surface area (Å²) in [5.41, 5.74) is 2.44. The van der Waals surface area contributed by atoms with Crippen LogP contribution in [-0.2, 0) is 9.53 Å². The van der Waals surface area contributed by atoms with Crippen LogP contribution in [-0.4, -0.2) is 33.8 Å². The number of nitrogens with one attached hydrogen (secondary N) is 1. The number of aryl methyl sites for hydroxylation is 1. The number of rotatable bonds is 6. The molecule has 0 unspecified atom stereocenters. The molecule has 1 N–H and O–H groups in total. The topological polar surface area (TPSA) is 86.1 Å². The summed E-state index contributed by atoms with van der Waals surface area (Å²) in [6.07, 6.45) is 1.60. The van der Waals surface area contributed by atoms with Gasteiger partial charge in [0.1, 0.15) is 0 Å². The lowest BCUT2D eigenvalue weighted by Gasteiger charge is -2.20. The van der Waals surface area contributed by atoms with Crippen molar-refractivity contribution in [3.63, 3.8) is 0 Å². The van der Waals surface area contributed by atoms with Crippen LogP contribution < -0.4 is 5.32 Å². The van der Waals surface area contributed by atoms with Crippen molar-refractivity contribution in [3.05, 3.63) is 58.4 Å². The zero-order valence-corrected chi connectivity index (χ0v) is 17.5.